The van der Waals surface area contributed by atoms with Crippen LogP contribution in [0.15, 0.2) is 18.2 Å². The maximum Gasteiger partial charge on any atom is 0.224 e. The molecule has 1 aromatic rings. The van der Waals surface area contributed by atoms with E-state index in [-0.39, 0.29) is 5.91 Å². The predicted octanol–water partition coefficient (Wildman–Crippen LogP) is 1.84. The van der Waals surface area contributed by atoms with Crippen LogP contribution in [-0.2, 0) is 4.79 Å². The van der Waals surface area contributed by atoms with Crippen molar-refractivity contribution in [2.24, 2.45) is 0 Å². The summed E-state index contributed by atoms with van der Waals surface area (Å²) in [5.41, 5.74) is 6.86. The Morgan fingerprint density at radius 1 is 1.48 bits per heavy atom. The van der Waals surface area contributed by atoms with E-state index in [0.29, 0.717) is 30.0 Å². The Labute approximate surface area is 125 Å². The molecule has 21 heavy (non-hydrogen) atoms. The first-order chi connectivity index (χ1) is 10.1. The van der Waals surface area contributed by atoms with Gasteiger partial charge in [0, 0.05) is 25.1 Å². The summed E-state index contributed by atoms with van der Waals surface area (Å²) < 4.78 is 5.18. The molecule has 0 aliphatic heterocycles. The first-order valence-corrected chi connectivity index (χ1v) is 6.85. The average molecular weight is 290 g/mol. The minimum absolute atomic E-state index is 0.0763. The van der Waals surface area contributed by atoms with Gasteiger partial charge in [-0.25, -0.2) is 0 Å². The molecule has 0 saturated carbocycles. The Hall–Kier alpha value is -2.26. The number of nitrogens with two attached hydrogens (primary N) is 1. The van der Waals surface area contributed by atoms with Crippen LogP contribution in [0.2, 0.25) is 0 Å². The van der Waals surface area contributed by atoms with Gasteiger partial charge in [0.25, 0.3) is 0 Å². The maximum atomic E-state index is 11.9. The molecule has 0 spiro atoms. The Morgan fingerprint density at radius 3 is 2.90 bits per heavy atom. The fourth-order valence-corrected chi connectivity index (χ4v) is 1.90. The van der Waals surface area contributed by atoms with E-state index < -0.39 is 0 Å². The van der Waals surface area contributed by atoms with Crippen molar-refractivity contribution in [3.8, 4) is 11.8 Å². The van der Waals surface area contributed by atoms with Crippen molar-refractivity contribution >= 4 is 17.3 Å². The van der Waals surface area contributed by atoms with Crippen LogP contribution in [0.1, 0.15) is 19.3 Å². The van der Waals surface area contributed by atoms with Gasteiger partial charge in [0.1, 0.15) is 5.75 Å². The van der Waals surface area contributed by atoms with Crippen molar-refractivity contribution in [1.82, 2.24) is 4.90 Å². The minimum Gasteiger partial charge on any atom is -0.495 e. The molecule has 1 aromatic carbocycles. The largest absolute Gasteiger partial charge is 0.495 e. The summed E-state index contributed by atoms with van der Waals surface area (Å²) in [6.07, 6.45) is 1.65. The number of anilines is 2. The number of nitriles is 1. The standard InChI is InChI=1S/C15H22N4O2/c1-19(10-4-8-16)9-3-5-15(20)18-13-11-12(17)6-7-14(13)21-2/h6-7,11H,3-5,9-10,17H2,1-2H3,(H,18,20). The van der Waals surface area contributed by atoms with Gasteiger partial charge in [-0.3, -0.25) is 4.79 Å². The SMILES string of the molecule is COc1ccc(N)cc1NC(=O)CCCN(C)CCC#N. The molecule has 6 heteroatoms. The number of amides is 1. The van der Waals surface area contributed by atoms with E-state index in [4.69, 9.17) is 15.7 Å². The van der Waals surface area contributed by atoms with Crippen molar-refractivity contribution < 1.29 is 9.53 Å². The number of methoxy groups -OCH3 is 1. The smallest absolute Gasteiger partial charge is 0.224 e. The van der Waals surface area contributed by atoms with Crippen LogP contribution in [0.4, 0.5) is 11.4 Å². The second-order valence-corrected chi connectivity index (χ2v) is 4.82. The minimum atomic E-state index is -0.0763. The number of rotatable bonds is 8. The number of carbonyl (C=O) groups excluding carboxylic acids is 1. The molecular weight excluding hydrogens is 268 g/mol. The van der Waals surface area contributed by atoms with E-state index in [2.05, 4.69) is 11.4 Å². The van der Waals surface area contributed by atoms with Crippen molar-refractivity contribution in [2.75, 3.05) is 38.3 Å². The van der Waals surface area contributed by atoms with E-state index in [1.807, 2.05) is 11.9 Å². The molecule has 0 aromatic heterocycles. The Bertz CT molecular complexity index is 511. The van der Waals surface area contributed by atoms with Gasteiger partial charge in [-0.05, 0) is 38.2 Å². The highest BCUT2D eigenvalue weighted by atomic mass is 16.5. The van der Waals surface area contributed by atoms with Crippen LogP contribution < -0.4 is 15.8 Å². The third kappa shape index (κ3) is 6.15. The number of hydrogen-bond acceptors (Lipinski definition) is 5. The van der Waals surface area contributed by atoms with E-state index in [9.17, 15) is 4.79 Å². The lowest BCUT2D eigenvalue weighted by Crippen LogP contribution is -2.22. The summed E-state index contributed by atoms with van der Waals surface area (Å²) in [6, 6.07) is 7.22. The second-order valence-electron chi connectivity index (χ2n) is 4.82. The summed E-state index contributed by atoms with van der Waals surface area (Å²) in [5, 5.41) is 11.3. The molecular formula is C15H22N4O2. The number of nitrogen functional groups attached to an aromatic ring is 1. The van der Waals surface area contributed by atoms with E-state index >= 15 is 0 Å². The zero-order valence-electron chi connectivity index (χ0n) is 12.6. The number of ether oxygens (including phenoxy) is 1. The van der Waals surface area contributed by atoms with E-state index in [1.165, 1.54) is 0 Å². The van der Waals surface area contributed by atoms with Crippen LogP contribution in [0.3, 0.4) is 0 Å². The summed E-state index contributed by atoms with van der Waals surface area (Å²) >= 11 is 0. The van der Waals surface area contributed by atoms with Gasteiger partial charge in [-0.1, -0.05) is 0 Å². The zero-order chi connectivity index (χ0) is 15.7. The van der Waals surface area contributed by atoms with E-state index in [0.717, 1.165) is 19.5 Å². The zero-order valence-corrected chi connectivity index (χ0v) is 12.6. The molecule has 0 unspecified atom stereocenters. The first-order valence-electron chi connectivity index (χ1n) is 6.85. The predicted molar refractivity (Wildman–Crippen MR) is 83.0 cm³/mol. The van der Waals surface area contributed by atoms with E-state index in [1.54, 1.807) is 25.3 Å². The number of benzene rings is 1. The molecule has 0 atom stereocenters. The molecule has 1 amide bonds. The van der Waals surface area contributed by atoms with Gasteiger partial charge in [0.2, 0.25) is 5.91 Å². The third-order valence-electron chi connectivity index (χ3n) is 3.05. The summed E-state index contributed by atoms with van der Waals surface area (Å²) in [6.45, 7) is 1.50. The fraction of sp³-hybridized carbons (Fsp3) is 0.467. The molecule has 1 rings (SSSR count). The van der Waals surface area contributed by atoms with Crippen LogP contribution in [-0.4, -0.2) is 38.1 Å². The van der Waals surface area contributed by atoms with Crippen LogP contribution >= 0.6 is 0 Å². The van der Waals surface area contributed by atoms with Gasteiger partial charge in [-0.15, -0.1) is 0 Å². The lowest BCUT2D eigenvalue weighted by molar-refractivity contribution is -0.116. The molecule has 3 N–H and O–H groups in total. The highest BCUT2D eigenvalue weighted by Crippen LogP contribution is 2.26. The lowest BCUT2D eigenvalue weighted by atomic mass is 10.2. The van der Waals surface area contributed by atoms with Crippen molar-refractivity contribution in [3.63, 3.8) is 0 Å². The molecule has 114 valence electrons. The number of hydrogen-bond donors (Lipinski definition) is 2. The Kier molecular flexibility index (Phi) is 7.05. The normalized spacial score (nSPS) is 10.2. The average Bonchev–Trinajstić information content (AvgIpc) is 2.45. The molecule has 0 fully saturated rings. The quantitative estimate of drug-likeness (QED) is 0.713. The fourth-order valence-electron chi connectivity index (χ4n) is 1.90. The number of nitrogens with zero attached hydrogens (tertiary/aromatic N) is 2. The van der Waals surface area contributed by atoms with Gasteiger partial charge in [0.05, 0.1) is 18.9 Å². The molecule has 0 radical (unpaired) electrons. The highest BCUT2D eigenvalue weighted by Gasteiger charge is 2.08. The summed E-state index contributed by atoms with van der Waals surface area (Å²) in [5.74, 6) is 0.510. The van der Waals surface area contributed by atoms with Crippen LogP contribution in [0.25, 0.3) is 0 Å². The summed E-state index contributed by atoms with van der Waals surface area (Å²) in [7, 11) is 3.49. The van der Waals surface area contributed by atoms with Gasteiger partial charge in [0.15, 0.2) is 0 Å². The van der Waals surface area contributed by atoms with Gasteiger partial charge >= 0.3 is 0 Å². The highest BCUT2D eigenvalue weighted by molar-refractivity contribution is 5.92. The molecule has 0 saturated heterocycles. The lowest BCUT2D eigenvalue weighted by Gasteiger charge is -2.14. The second kappa shape index (κ2) is 8.82. The van der Waals surface area contributed by atoms with Crippen molar-refractivity contribution in [1.29, 1.82) is 5.26 Å². The van der Waals surface area contributed by atoms with Gasteiger partial charge < -0.3 is 20.7 Å². The number of nitrogens with one attached hydrogen (secondary N) is 1. The first kappa shape index (κ1) is 16.8. The Morgan fingerprint density at radius 2 is 2.24 bits per heavy atom. The maximum absolute atomic E-state index is 11.9. The molecule has 0 heterocycles. The molecule has 0 aliphatic carbocycles. The Balaban J connectivity index is 2.41. The van der Waals surface area contributed by atoms with Gasteiger partial charge in [-0.2, -0.15) is 5.26 Å². The monoisotopic (exact) mass is 290 g/mol. The number of carbonyl (C=O) groups is 1. The third-order valence-corrected chi connectivity index (χ3v) is 3.05. The van der Waals surface area contributed by atoms with Crippen LogP contribution in [0.5, 0.6) is 5.75 Å². The van der Waals surface area contributed by atoms with Crippen molar-refractivity contribution in [3.05, 3.63) is 18.2 Å². The van der Waals surface area contributed by atoms with Crippen LogP contribution in [0, 0.1) is 11.3 Å². The molecule has 6 nitrogen and oxygen atoms in total. The topological polar surface area (TPSA) is 91.4 Å². The molecule has 0 aliphatic rings. The molecule has 0 bridgehead atoms. The van der Waals surface area contributed by atoms with Crippen molar-refractivity contribution in [2.45, 2.75) is 19.3 Å². The summed E-state index contributed by atoms with van der Waals surface area (Å²) in [4.78, 5) is 13.9.